The number of halogens is 4. The van der Waals surface area contributed by atoms with E-state index in [0.29, 0.717) is 0 Å². The van der Waals surface area contributed by atoms with Gasteiger partial charge in [0.05, 0.1) is 0 Å². The van der Waals surface area contributed by atoms with Crippen LogP contribution in [0.25, 0.3) is 43.1 Å². The van der Waals surface area contributed by atoms with Crippen LogP contribution in [0.5, 0.6) is 0 Å². The summed E-state index contributed by atoms with van der Waals surface area (Å²) in [6, 6.07) is 22.1. The summed E-state index contributed by atoms with van der Waals surface area (Å²) in [6.45, 7) is 0. The van der Waals surface area contributed by atoms with E-state index >= 15 is 0 Å². The van der Waals surface area contributed by atoms with Crippen LogP contribution in [0.4, 0.5) is 0 Å². The van der Waals surface area contributed by atoms with E-state index in [4.69, 9.17) is 0 Å². The van der Waals surface area contributed by atoms with Crippen LogP contribution in [-0.4, -0.2) is 0 Å². The number of fused-ring (bicyclic) bond motifs is 4. The molecule has 0 N–H and O–H groups in total. The Kier molecular flexibility index (Phi) is 4.16. The monoisotopic (exact) mass is 590 g/mol. The molecule has 5 rings (SSSR count). The molecule has 0 radical (unpaired) electrons. The summed E-state index contributed by atoms with van der Waals surface area (Å²) in [5, 5.41) is 9.92. The van der Waals surface area contributed by atoms with Crippen molar-refractivity contribution in [3.05, 3.63) is 78.6 Å². The Morgan fingerprint density at radius 2 is 0.731 bits per heavy atom. The van der Waals surface area contributed by atoms with Crippen molar-refractivity contribution in [2.45, 2.75) is 0 Å². The molecule has 0 fully saturated rings. The molecule has 4 heteroatoms. The first-order chi connectivity index (χ1) is 12.5. The van der Waals surface area contributed by atoms with Crippen LogP contribution in [0.1, 0.15) is 0 Å². The minimum absolute atomic E-state index is 1.02. The van der Waals surface area contributed by atoms with Gasteiger partial charge in [0.15, 0.2) is 0 Å². The van der Waals surface area contributed by atoms with Crippen molar-refractivity contribution in [2.24, 2.45) is 0 Å². The Hall–Kier alpha value is -0.940. The van der Waals surface area contributed by atoms with Crippen LogP contribution >= 0.6 is 63.7 Å². The SMILES string of the molecule is Brc1c(Br)c(Br)c2cc3cc4cc5ccccc5cc4cc3cc2c1Br. The predicted molar refractivity (Wildman–Crippen MR) is 127 cm³/mol. The summed E-state index contributed by atoms with van der Waals surface area (Å²) in [5.74, 6) is 0. The van der Waals surface area contributed by atoms with Crippen molar-refractivity contribution in [2.75, 3.05) is 0 Å². The lowest BCUT2D eigenvalue weighted by Gasteiger charge is -2.12. The molecule has 0 aliphatic carbocycles. The van der Waals surface area contributed by atoms with Crippen LogP contribution in [0, 0.1) is 0 Å². The second-order valence-corrected chi connectivity index (χ2v) is 9.57. The first-order valence-electron chi connectivity index (χ1n) is 8.05. The van der Waals surface area contributed by atoms with Gasteiger partial charge in [-0.25, -0.2) is 0 Å². The first-order valence-corrected chi connectivity index (χ1v) is 11.2. The molecule has 0 amide bonds. The van der Waals surface area contributed by atoms with Crippen molar-refractivity contribution in [3.63, 3.8) is 0 Å². The van der Waals surface area contributed by atoms with Gasteiger partial charge >= 0.3 is 0 Å². The van der Waals surface area contributed by atoms with E-state index in [9.17, 15) is 0 Å². The highest BCUT2D eigenvalue weighted by Gasteiger charge is 2.14. The third-order valence-electron chi connectivity index (χ3n) is 4.85. The Bertz CT molecular complexity index is 1260. The summed E-state index contributed by atoms with van der Waals surface area (Å²) in [7, 11) is 0. The topological polar surface area (TPSA) is 0 Å². The molecule has 0 saturated heterocycles. The standard InChI is InChI=1S/C22H10Br4/c23-19-17-9-15-7-13-5-11-3-1-2-4-12(11)6-14(13)8-16(15)10-18(17)20(24)22(26)21(19)25/h1-10H. The third-order valence-corrected chi connectivity index (χ3v) is 9.68. The lowest BCUT2D eigenvalue weighted by Crippen LogP contribution is -1.85. The van der Waals surface area contributed by atoms with Crippen molar-refractivity contribution < 1.29 is 0 Å². The lowest BCUT2D eigenvalue weighted by atomic mass is 9.97. The summed E-state index contributed by atoms with van der Waals surface area (Å²) >= 11 is 14.8. The quantitative estimate of drug-likeness (QED) is 0.0953. The molecule has 126 valence electrons. The second kappa shape index (κ2) is 6.30. The van der Waals surface area contributed by atoms with Crippen molar-refractivity contribution in [1.82, 2.24) is 0 Å². The molecule has 0 spiro atoms. The van der Waals surface area contributed by atoms with Gasteiger partial charge in [-0.3, -0.25) is 0 Å². The van der Waals surface area contributed by atoms with Gasteiger partial charge < -0.3 is 0 Å². The molecule has 0 aromatic heterocycles. The second-order valence-electron chi connectivity index (χ2n) is 6.40. The molecule has 0 bridgehead atoms. The van der Waals surface area contributed by atoms with Crippen molar-refractivity contribution in [3.8, 4) is 0 Å². The molecular formula is C22H10Br4. The molecule has 0 aliphatic heterocycles. The summed E-state index contributed by atoms with van der Waals surface area (Å²) in [5.41, 5.74) is 0. The Labute approximate surface area is 184 Å². The van der Waals surface area contributed by atoms with Crippen LogP contribution < -0.4 is 0 Å². The fourth-order valence-corrected chi connectivity index (χ4v) is 5.94. The summed E-state index contributed by atoms with van der Waals surface area (Å²) in [6.07, 6.45) is 0. The van der Waals surface area contributed by atoms with Gasteiger partial charge in [-0.05, 0) is 143 Å². The van der Waals surface area contributed by atoms with Gasteiger partial charge in [0.25, 0.3) is 0 Å². The normalized spacial score (nSPS) is 11.8. The van der Waals surface area contributed by atoms with Crippen LogP contribution in [0.15, 0.2) is 78.6 Å². The van der Waals surface area contributed by atoms with E-state index in [2.05, 4.69) is 124 Å². The Morgan fingerprint density at radius 3 is 1.15 bits per heavy atom. The summed E-state index contributed by atoms with van der Waals surface area (Å²) in [4.78, 5) is 0. The zero-order valence-corrected chi connectivity index (χ0v) is 19.6. The third kappa shape index (κ3) is 2.57. The first kappa shape index (κ1) is 17.2. The zero-order valence-electron chi connectivity index (χ0n) is 13.3. The number of benzene rings is 5. The fraction of sp³-hybridized carbons (Fsp3) is 0. The highest BCUT2D eigenvalue weighted by atomic mass is 79.9. The lowest BCUT2D eigenvalue weighted by molar-refractivity contribution is 1.57. The van der Waals surface area contributed by atoms with Gasteiger partial charge in [-0.2, -0.15) is 0 Å². The van der Waals surface area contributed by atoms with E-state index in [1.807, 2.05) is 0 Å². The maximum atomic E-state index is 3.74. The fourth-order valence-electron chi connectivity index (χ4n) is 3.54. The van der Waals surface area contributed by atoms with Gasteiger partial charge in [-0.15, -0.1) is 0 Å². The molecule has 0 atom stereocenters. The molecule has 0 heterocycles. The van der Waals surface area contributed by atoms with Crippen LogP contribution in [0.2, 0.25) is 0 Å². The Morgan fingerprint density at radius 1 is 0.385 bits per heavy atom. The van der Waals surface area contributed by atoms with Crippen molar-refractivity contribution in [1.29, 1.82) is 0 Å². The number of hydrogen-bond acceptors (Lipinski definition) is 0. The van der Waals surface area contributed by atoms with Crippen LogP contribution in [-0.2, 0) is 0 Å². The Balaban J connectivity index is 1.93. The number of rotatable bonds is 0. The molecular weight excluding hydrogens is 584 g/mol. The molecule has 0 unspecified atom stereocenters. The molecule has 0 saturated carbocycles. The predicted octanol–water partition coefficient (Wildman–Crippen LogP) is 9.35. The van der Waals surface area contributed by atoms with Gasteiger partial charge in [0.1, 0.15) is 0 Å². The van der Waals surface area contributed by atoms with E-state index < -0.39 is 0 Å². The van der Waals surface area contributed by atoms with Gasteiger partial charge in [0.2, 0.25) is 0 Å². The highest BCUT2D eigenvalue weighted by Crippen LogP contribution is 2.45. The van der Waals surface area contributed by atoms with Gasteiger partial charge in [-0.1, -0.05) is 24.3 Å². The van der Waals surface area contributed by atoms with E-state index in [-0.39, 0.29) is 0 Å². The molecule has 0 nitrogen and oxygen atoms in total. The average molecular weight is 594 g/mol. The molecule has 5 aromatic carbocycles. The van der Waals surface area contributed by atoms with Crippen molar-refractivity contribution >= 4 is 107 Å². The van der Waals surface area contributed by atoms with Gasteiger partial charge in [0, 0.05) is 17.9 Å². The molecule has 5 aromatic rings. The minimum Gasteiger partial charge on any atom is -0.0616 e. The highest BCUT2D eigenvalue weighted by molar-refractivity contribution is 9.15. The summed E-state index contributed by atoms with van der Waals surface area (Å²) < 4.78 is 4.15. The number of hydrogen-bond donors (Lipinski definition) is 0. The average Bonchev–Trinajstić information content (AvgIpc) is 2.66. The molecule has 26 heavy (non-hydrogen) atoms. The maximum absolute atomic E-state index is 3.74. The van der Waals surface area contributed by atoms with E-state index in [0.717, 1.165) is 17.9 Å². The smallest absolute Gasteiger partial charge is 0.0477 e. The minimum atomic E-state index is 1.02. The van der Waals surface area contributed by atoms with Crippen LogP contribution in [0.3, 0.4) is 0 Å². The van der Waals surface area contributed by atoms with E-state index in [1.54, 1.807) is 0 Å². The largest absolute Gasteiger partial charge is 0.0616 e. The maximum Gasteiger partial charge on any atom is 0.0477 e. The molecule has 0 aliphatic rings. The zero-order chi connectivity index (χ0) is 18.0. The van der Waals surface area contributed by atoms with E-state index in [1.165, 1.54) is 43.1 Å².